The third-order valence-corrected chi connectivity index (χ3v) is 5.93. The van der Waals surface area contributed by atoms with Gasteiger partial charge in [0.15, 0.2) is 0 Å². The number of hydrogen-bond donors (Lipinski definition) is 0. The second kappa shape index (κ2) is 6.15. The summed E-state index contributed by atoms with van der Waals surface area (Å²) in [7, 11) is 0. The minimum absolute atomic E-state index is 0.329. The predicted molar refractivity (Wildman–Crippen MR) is 103 cm³/mol. The zero-order valence-corrected chi connectivity index (χ0v) is 14.4. The molecule has 2 atom stereocenters. The normalized spacial score (nSPS) is 28.1. The lowest BCUT2D eigenvalue weighted by Crippen LogP contribution is -2.38. The zero-order chi connectivity index (χ0) is 17.6. The topological polar surface area (TPSA) is 12.9 Å². The van der Waals surface area contributed by atoms with E-state index in [1.54, 1.807) is 0 Å². The Morgan fingerprint density at radius 1 is 0.800 bits per heavy atom. The van der Waals surface area contributed by atoms with Crippen molar-refractivity contribution in [3.05, 3.63) is 78.5 Å². The maximum atomic E-state index is 9.03. The standard InChI is InChI=1S/C24H23N/c1-2-5-18(6-3-1)23-16-20(13-14-25-23)17-9-11-19(12-10-17)24-21-7-4-8-22(24)15-21/h1-3,5-6,9-14,16,21-22,24H,4,7-8,15H2/i24D. The van der Waals surface area contributed by atoms with Crippen molar-refractivity contribution >= 4 is 0 Å². The molecule has 1 heterocycles. The fraction of sp³-hybridized carbons (Fsp3) is 0.292. The Balaban J connectivity index is 1.45. The Labute approximate surface area is 151 Å². The Morgan fingerprint density at radius 2 is 1.56 bits per heavy atom. The van der Waals surface area contributed by atoms with Crippen molar-refractivity contribution in [2.24, 2.45) is 11.8 Å². The molecular formula is C24H23N. The molecule has 1 heteroatoms. The fourth-order valence-corrected chi connectivity index (χ4v) is 4.63. The number of pyridine rings is 1. The highest BCUT2D eigenvalue weighted by Crippen LogP contribution is 2.56. The van der Waals surface area contributed by atoms with Gasteiger partial charge in [0.25, 0.3) is 0 Å². The van der Waals surface area contributed by atoms with Gasteiger partial charge in [-0.1, -0.05) is 61.0 Å². The van der Waals surface area contributed by atoms with Crippen LogP contribution in [0.5, 0.6) is 0 Å². The SMILES string of the molecule is [2H]C1(c2ccc(-c3ccnc(-c4ccccc4)c3)cc2)C2CCCC1C2. The molecule has 2 unspecified atom stereocenters. The second-order valence-electron chi connectivity index (χ2n) is 7.39. The van der Waals surface area contributed by atoms with Crippen molar-refractivity contribution in [2.45, 2.75) is 31.6 Å². The Hall–Kier alpha value is -2.41. The molecule has 2 saturated carbocycles. The molecule has 0 saturated heterocycles. The van der Waals surface area contributed by atoms with Gasteiger partial charge in [-0.05, 0) is 65.8 Å². The molecule has 2 bridgehead atoms. The first kappa shape index (κ1) is 13.8. The number of rotatable bonds is 3. The van der Waals surface area contributed by atoms with E-state index in [2.05, 4.69) is 53.5 Å². The predicted octanol–water partition coefficient (Wildman–Crippen LogP) is 6.32. The smallest absolute Gasteiger partial charge is 0.0708 e. The maximum Gasteiger partial charge on any atom is 0.0708 e. The number of benzene rings is 2. The minimum Gasteiger partial charge on any atom is -0.256 e. The summed E-state index contributed by atoms with van der Waals surface area (Å²) >= 11 is 0. The summed E-state index contributed by atoms with van der Waals surface area (Å²) in [6.45, 7) is 0. The van der Waals surface area contributed by atoms with Crippen LogP contribution >= 0.6 is 0 Å². The minimum atomic E-state index is -0.329. The third-order valence-electron chi connectivity index (χ3n) is 5.93. The van der Waals surface area contributed by atoms with E-state index in [1.165, 1.54) is 42.4 Å². The van der Waals surface area contributed by atoms with E-state index < -0.39 is 0 Å². The fourth-order valence-electron chi connectivity index (χ4n) is 4.63. The van der Waals surface area contributed by atoms with Gasteiger partial charge in [-0.3, -0.25) is 4.98 Å². The van der Waals surface area contributed by atoms with Crippen LogP contribution in [0.3, 0.4) is 0 Å². The van der Waals surface area contributed by atoms with E-state index in [1.807, 2.05) is 24.4 Å². The number of fused-ring (bicyclic) bond motifs is 2. The molecule has 0 spiro atoms. The van der Waals surface area contributed by atoms with Gasteiger partial charge in [0, 0.05) is 13.1 Å². The van der Waals surface area contributed by atoms with Crippen molar-refractivity contribution < 1.29 is 1.37 Å². The molecular weight excluding hydrogens is 302 g/mol. The highest BCUT2D eigenvalue weighted by molar-refractivity contribution is 5.70. The molecule has 2 aliphatic rings. The third kappa shape index (κ3) is 2.68. The van der Waals surface area contributed by atoms with Crippen LogP contribution in [0.15, 0.2) is 72.9 Å². The molecule has 2 aromatic carbocycles. The molecule has 25 heavy (non-hydrogen) atoms. The van der Waals surface area contributed by atoms with Gasteiger partial charge in [-0.2, -0.15) is 0 Å². The molecule has 0 N–H and O–H groups in total. The largest absolute Gasteiger partial charge is 0.256 e. The van der Waals surface area contributed by atoms with Gasteiger partial charge in [-0.25, -0.2) is 0 Å². The molecule has 0 radical (unpaired) electrons. The van der Waals surface area contributed by atoms with Crippen LogP contribution in [0, 0.1) is 11.8 Å². The molecule has 2 fully saturated rings. The van der Waals surface area contributed by atoms with Crippen molar-refractivity contribution in [3.8, 4) is 22.4 Å². The van der Waals surface area contributed by atoms with Crippen molar-refractivity contribution in [3.63, 3.8) is 0 Å². The summed E-state index contributed by atoms with van der Waals surface area (Å²) in [5.41, 5.74) is 5.72. The van der Waals surface area contributed by atoms with Crippen LogP contribution < -0.4 is 0 Å². The summed E-state index contributed by atoms with van der Waals surface area (Å²) in [6, 6.07) is 23.3. The molecule has 124 valence electrons. The van der Waals surface area contributed by atoms with Gasteiger partial charge in [-0.15, -0.1) is 0 Å². The lowest BCUT2D eigenvalue weighted by Gasteiger charge is -2.50. The average molecular weight is 326 g/mol. The molecule has 1 nitrogen and oxygen atoms in total. The monoisotopic (exact) mass is 326 g/mol. The Kier molecular flexibility index (Phi) is 3.40. The maximum absolute atomic E-state index is 9.03. The molecule has 5 rings (SSSR count). The van der Waals surface area contributed by atoms with Crippen LogP contribution in [-0.2, 0) is 0 Å². The molecule has 3 aromatic rings. The Bertz CT molecular complexity index is 902. The molecule has 2 aliphatic carbocycles. The first-order valence-electron chi connectivity index (χ1n) is 9.87. The quantitative estimate of drug-likeness (QED) is 0.549. The van der Waals surface area contributed by atoms with Gasteiger partial charge in [0.2, 0.25) is 0 Å². The van der Waals surface area contributed by atoms with Gasteiger partial charge >= 0.3 is 0 Å². The van der Waals surface area contributed by atoms with Gasteiger partial charge in [0.1, 0.15) is 0 Å². The van der Waals surface area contributed by atoms with E-state index in [0.717, 1.165) is 11.3 Å². The molecule has 1 aromatic heterocycles. The number of aromatic nitrogens is 1. The van der Waals surface area contributed by atoms with Crippen LogP contribution in [0.2, 0.25) is 0 Å². The highest BCUT2D eigenvalue weighted by Gasteiger charge is 2.43. The highest BCUT2D eigenvalue weighted by atomic mass is 14.7. The van der Waals surface area contributed by atoms with E-state index in [9.17, 15) is 0 Å². The number of nitrogens with zero attached hydrogens (tertiary/aromatic N) is 1. The van der Waals surface area contributed by atoms with Crippen molar-refractivity contribution in [1.29, 1.82) is 0 Å². The van der Waals surface area contributed by atoms with E-state index >= 15 is 0 Å². The summed E-state index contributed by atoms with van der Waals surface area (Å²) in [5.74, 6) is 0.806. The van der Waals surface area contributed by atoms with Gasteiger partial charge in [0.05, 0.1) is 5.69 Å². The average Bonchev–Trinajstić information content (AvgIpc) is 2.74. The van der Waals surface area contributed by atoms with Crippen LogP contribution in [0.4, 0.5) is 0 Å². The zero-order valence-electron chi connectivity index (χ0n) is 15.4. The molecule has 0 amide bonds. The summed E-state index contributed by atoms with van der Waals surface area (Å²) in [5, 5.41) is 0. The first-order valence-corrected chi connectivity index (χ1v) is 9.37. The van der Waals surface area contributed by atoms with E-state index in [4.69, 9.17) is 1.37 Å². The lowest BCUT2D eigenvalue weighted by atomic mass is 9.55. The summed E-state index contributed by atoms with van der Waals surface area (Å²) in [4.78, 5) is 4.52. The second-order valence-corrected chi connectivity index (χ2v) is 7.39. The van der Waals surface area contributed by atoms with Crippen LogP contribution in [0.25, 0.3) is 22.4 Å². The summed E-state index contributed by atoms with van der Waals surface area (Å²) < 4.78 is 9.03. The Morgan fingerprint density at radius 3 is 2.28 bits per heavy atom. The van der Waals surface area contributed by atoms with Crippen LogP contribution in [0.1, 0.15) is 38.5 Å². The van der Waals surface area contributed by atoms with E-state index in [-0.39, 0.29) is 5.89 Å². The van der Waals surface area contributed by atoms with E-state index in [0.29, 0.717) is 11.8 Å². The number of hydrogen-bond acceptors (Lipinski definition) is 1. The van der Waals surface area contributed by atoms with Crippen molar-refractivity contribution in [2.75, 3.05) is 0 Å². The van der Waals surface area contributed by atoms with Crippen molar-refractivity contribution in [1.82, 2.24) is 4.98 Å². The first-order chi connectivity index (χ1) is 12.7. The lowest BCUT2D eigenvalue weighted by molar-refractivity contribution is 0.0725. The van der Waals surface area contributed by atoms with Crippen LogP contribution in [-0.4, -0.2) is 4.98 Å². The molecule has 0 aliphatic heterocycles. The van der Waals surface area contributed by atoms with Gasteiger partial charge < -0.3 is 0 Å². The summed E-state index contributed by atoms with van der Waals surface area (Å²) in [6.07, 6.45) is 6.91.